The molecule has 1 saturated carbocycles. The molecule has 5 nitrogen and oxygen atoms in total. The fourth-order valence-electron chi connectivity index (χ4n) is 2.72. The number of esters is 2. The van der Waals surface area contributed by atoms with Gasteiger partial charge in [-0.25, -0.2) is 0 Å². The fourth-order valence-corrected chi connectivity index (χ4v) is 2.72. The Morgan fingerprint density at radius 1 is 1.22 bits per heavy atom. The molecule has 102 valence electrons. The second-order valence-electron chi connectivity index (χ2n) is 5.57. The predicted octanol–water partition coefficient (Wildman–Crippen LogP) is 1.34. The van der Waals surface area contributed by atoms with Crippen LogP contribution in [0.4, 0.5) is 0 Å². The van der Waals surface area contributed by atoms with Gasteiger partial charge in [-0.05, 0) is 17.8 Å². The number of carbonyl (C=O) groups excluding carboxylic acids is 3. The minimum Gasteiger partial charge on any atom is -0.468 e. The fraction of sp³-hybridized carbons (Fsp3) is 0.769. The Kier molecular flexibility index (Phi) is 4.48. The van der Waals surface area contributed by atoms with E-state index < -0.39 is 17.9 Å². The van der Waals surface area contributed by atoms with Crippen molar-refractivity contribution in [1.29, 1.82) is 0 Å². The van der Waals surface area contributed by atoms with Crippen LogP contribution in [0.3, 0.4) is 0 Å². The molecule has 0 aromatic carbocycles. The summed E-state index contributed by atoms with van der Waals surface area (Å²) in [7, 11) is 2.46. The molecule has 1 atom stereocenters. The maximum absolute atomic E-state index is 11.7. The number of hydrogen-bond donors (Lipinski definition) is 0. The number of hydrogen-bond acceptors (Lipinski definition) is 5. The first-order chi connectivity index (χ1) is 8.30. The van der Waals surface area contributed by atoms with Gasteiger partial charge in [0.1, 0.15) is 5.78 Å². The van der Waals surface area contributed by atoms with Crippen molar-refractivity contribution in [1.82, 2.24) is 0 Å². The van der Waals surface area contributed by atoms with Crippen molar-refractivity contribution in [2.45, 2.75) is 33.1 Å². The first kappa shape index (κ1) is 14.7. The zero-order chi connectivity index (χ0) is 13.9. The first-order valence-corrected chi connectivity index (χ1v) is 5.98. The zero-order valence-electron chi connectivity index (χ0n) is 11.3. The van der Waals surface area contributed by atoms with Gasteiger partial charge in [-0.15, -0.1) is 0 Å². The van der Waals surface area contributed by atoms with Gasteiger partial charge in [-0.2, -0.15) is 0 Å². The highest BCUT2D eigenvalue weighted by Gasteiger charge is 2.43. The molecule has 1 aliphatic carbocycles. The van der Waals surface area contributed by atoms with Gasteiger partial charge in [0, 0.05) is 12.8 Å². The quantitative estimate of drug-likeness (QED) is 0.563. The van der Waals surface area contributed by atoms with Crippen LogP contribution >= 0.6 is 0 Å². The monoisotopic (exact) mass is 256 g/mol. The van der Waals surface area contributed by atoms with Crippen molar-refractivity contribution >= 4 is 17.7 Å². The summed E-state index contributed by atoms with van der Waals surface area (Å²) >= 11 is 0. The minimum absolute atomic E-state index is 0.0778. The second-order valence-corrected chi connectivity index (χ2v) is 5.57. The molecule has 0 N–H and O–H groups in total. The van der Waals surface area contributed by atoms with Gasteiger partial charge in [-0.1, -0.05) is 13.8 Å². The van der Waals surface area contributed by atoms with Crippen molar-refractivity contribution in [2.75, 3.05) is 14.2 Å². The van der Waals surface area contributed by atoms with E-state index in [4.69, 9.17) is 0 Å². The van der Waals surface area contributed by atoms with E-state index in [1.165, 1.54) is 14.2 Å². The predicted molar refractivity (Wildman–Crippen MR) is 63.7 cm³/mol. The SMILES string of the molecule is COC(=O)C(C(=O)OC)[C@H]1CC(=O)CC(C)(C)C1. The lowest BCUT2D eigenvalue weighted by Gasteiger charge is -2.36. The molecule has 0 spiro atoms. The maximum Gasteiger partial charge on any atom is 0.320 e. The van der Waals surface area contributed by atoms with E-state index >= 15 is 0 Å². The van der Waals surface area contributed by atoms with Crippen LogP contribution in [0.1, 0.15) is 33.1 Å². The number of rotatable bonds is 3. The van der Waals surface area contributed by atoms with E-state index in [2.05, 4.69) is 9.47 Å². The Balaban J connectivity index is 2.95. The first-order valence-electron chi connectivity index (χ1n) is 5.98. The highest BCUT2D eigenvalue weighted by molar-refractivity contribution is 5.96. The van der Waals surface area contributed by atoms with Crippen molar-refractivity contribution in [3.05, 3.63) is 0 Å². The zero-order valence-corrected chi connectivity index (χ0v) is 11.3. The lowest BCUT2D eigenvalue weighted by molar-refractivity contribution is -0.163. The molecular formula is C13H20O5. The summed E-state index contributed by atoms with van der Waals surface area (Å²) in [5, 5.41) is 0. The number of ether oxygens (including phenoxy) is 2. The summed E-state index contributed by atoms with van der Waals surface area (Å²) in [5.41, 5.74) is -0.194. The molecule has 0 bridgehead atoms. The van der Waals surface area contributed by atoms with Crippen LogP contribution in [-0.2, 0) is 23.9 Å². The average Bonchev–Trinajstić information content (AvgIpc) is 2.26. The molecule has 0 saturated heterocycles. The van der Waals surface area contributed by atoms with Crippen LogP contribution in [0.25, 0.3) is 0 Å². The molecular weight excluding hydrogens is 236 g/mol. The number of methoxy groups -OCH3 is 2. The van der Waals surface area contributed by atoms with Crippen molar-refractivity contribution in [3.63, 3.8) is 0 Å². The lowest BCUT2D eigenvalue weighted by Crippen LogP contribution is -2.40. The van der Waals surface area contributed by atoms with Crippen LogP contribution in [0.15, 0.2) is 0 Å². The van der Waals surface area contributed by atoms with Gasteiger partial charge in [0.25, 0.3) is 0 Å². The lowest BCUT2D eigenvalue weighted by atomic mass is 9.67. The van der Waals surface area contributed by atoms with Crippen LogP contribution in [0.5, 0.6) is 0 Å². The van der Waals surface area contributed by atoms with Crippen LogP contribution in [0.2, 0.25) is 0 Å². The molecule has 0 amide bonds. The van der Waals surface area contributed by atoms with Crippen LogP contribution in [-0.4, -0.2) is 31.9 Å². The largest absolute Gasteiger partial charge is 0.468 e. The normalized spacial score (nSPS) is 22.7. The van der Waals surface area contributed by atoms with E-state index in [0.717, 1.165) is 0 Å². The molecule has 0 aromatic rings. The molecule has 1 rings (SSSR count). The Hall–Kier alpha value is -1.39. The van der Waals surface area contributed by atoms with Crippen LogP contribution < -0.4 is 0 Å². The van der Waals surface area contributed by atoms with Gasteiger partial charge in [0.15, 0.2) is 5.92 Å². The third-order valence-electron chi connectivity index (χ3n) is 3.36. The summed E-state index contributed by atoms with van der Waals surface area (Å²) in [4.78, 5) is 35.1. The van der Waals surface area contributed by atoms with E-state index in [-0.39, 0.29) is 23.5 Å². The number of carbonyl (C=O) groups is 3. The Morgan fingerprint density at radius 3 is 2.11 bits per heavy atom. The second kappa shape index (κ2) is 5.50. The summed E-state index contributed by atoms with van der Waals surface area (Å²) in [5.74, 6) is -2.51. The molecule has 1 aliphatic rings. The molecule has 0 heterocycles. The Bertz CT molecular complexity index is 342. The van der Waals surface area contributed by atoms with Crippen molar-refractivity contribution in [3.8, 4) is 0 Å². The minimum atomic E-state index is -0.997. The van der Waals surface area contributed by atoms with E-state index in [0.29, 0.717) is 12.8 Å². The van der Waals surface area contributed by atoms with Crippen molar-refractivity contribution < 1.29 is 23.9 Å². The number of ketones is 1. The Morgan fingerprint density at radius 2 is 1.72 bits per heavy atom. The molecule has 1 fully saturated rings. The standard InChI is InChI=1S/C13H20O5/c1-13(2)6-8(5-9(14)7-13)10(11(15)17-3)12(16)18-4/h8,10H,5-7H2,1-4H3/t8-/m0/s1. The smallest absolute Gasteiger partial charge is 0.320 e. The summed E-state index contributed by atoms with van der Waals surface area (Å²) in [6.07, 6.45) is 1.35. The van der Waals surface area contributed by atoms with Gasteiger partial charge < -0.3 is 9.47 Å². The summed E-state index contributed by atoms with van der Waals surface area (Å²) in [6, 6.07) is 0. The van der Waals surface area contributed by atoms with Gasteiger partial charge >= 0.3 is 11.9 Å². The maximum atomic E-state index is 11.7. The van der Waals surface area contributed by atoms with Gasteiger partial charge in [0.2, 0.25) is 0 Å². The molecule has 0 aromatic heterocycles. The highest BCUT2D eigenvalue weighted by atomic mass is 16.5. The average molecular weight is 256 g/mol. The van der Waals surface area contributed by atoms with Gasteiger partial charge in [0.05, 0.1) is 14.2 Å². The van der Waals surface area contributed by atoms with E-state index in [9.17, 15) is 14.4 Å². The summed E-state index contributed by atoms with van der Waals surface area (Å²) in [6.45, 7) is 3.92. The molecule has 5 heteroatoms. The third kappa shape index (κ3) is 3.31. The molecule has 0 radical (unpaired) electrons. The molecule has 0 unspecified atom stereocenters. The van der Waals surface area contributed by atoms with Crippen molar-refractivity contribution in [2.24, 2.45) is 17.3 Å². The highest BCUT2D eigenvalue weighted by Crippen LogP contribution is 2.40. The molecule has 0 aliphatic heterocycles. The van der Waals surface area contributed by atoms with Gasteiger partial charge in [-0.3, -0.25) is 14.4 Å². The Labute approximate surface area is 107 Å². The molecule has 18 heavy (non-hydrogen) atoms. The third-order valence-corrected chi connectivity index (χ3v) is 3.36. The summed E-state index contributed by atoms with van der Waals surface area (Å²) < 4.78 is 9.28. The van der Waals surface area contributed by atoms with Crippen LogP contribution in [0, 0.1) is 17.3 Å². The topological polar surface area (TPSA) is 69.7 Å². The van der Waals surface area contributed by atoms with E-state index in [1.807, 2.05) is 13.8 Å². The van der Waals surface area contributed by atoms with E-state index in [1.54, 1.807) is 0 Å². The number of Topliss-reactive ketones (excluding diaryl/α,β-unsaturated/α-hetero) is 1.